The van der Waals surface area contributed by atoms with Crippen LogP contribution in [0.3, 0.4) is 0 Å². The lowest BCUT2D eigenvalue weighted by Gasteiger charge is -2.31. The molecule has 0 saturated heterocycles. The number of oxazole rings is 1. The molecule has 3 aromatic carbocycles. The molecule has 6 aromatic rings. The van der Waals surface area contributed by atoms with Gasteiger partial charge in [-0.1, -0.05) is 76.4 Å². The number of hydrogen-bond donors (Lipinski definition) is 0. The monoisotopic (exact) mass is 781 g/mol. The van der Waals surface area contributed by atoms with Crippen molar-refractivity contribution in [3.8, 4) is 33.1 Å². The van der Waals surface area contributed by atoms with Gasteiger partial charge in [-0.2, -0.15) is 0 Å². The molecule has 2 atom stereocenters. The summed E-state index contributed by atoms with van der Waals surface area (Å²) in [7, 11) is 1.18. The summed E-state index contributed by atoms with van der Waals surface area (Å²) < 4.78 is 41.7. The lowest BCUT2D eigenvalue weighted by atomic mass is 9.87. The van der Waals surface area contributed by atoms with Crippen molar-refractivity contribution in [3.05, 3.63) is 87.7 Å². The summed E-state index contributed by atoms with van der Waals surface area (Å²) in [6, 6.07) is 18.4. The first-order chi connectivity index (χ1) is 25.1. The summed E-state index contributed by atoms with van der Waals surface area (Å²) in [5, 5.41) is 2.42. The van der Waals surface area contributed by atoms with Crippen LogP contribution >= 0.6 is 45.9 Å². The lowest BCUT2D eigenvalue weighted by molar-refractivity contribution is -0.0355. The van der Waals surface area contributed by atoms with E-state index in [-0.39, 0.29) is 27.9 Å². The number of nitrogens with zero attached hydrogens (tertiary/aromatic N) is 1. The average Bonchev–Trinajstić information content (AvgIpc) is 3.78. The molecule has 3 heterocycles. The van der Waals surface area contributed by atoms with Crippen LogP contribution in [-0.4, -0.2) is 37.1 Å². The van der Waals surface area contributed by atoms with E-state index in [9.17, 15) is 9.59 Å². The summed E-state index contributed by atoms with van der Waals surface area (Å²) in [5.74, 6) is 1.75. The van der Waals surface area contributed by atoms with Crippen molar-refractivity contribution in [3.63, 3.8) is 0 Å². The molecule has 1 aliphatic rings. The standard InChI is InChI=1S/C38H33Cl2NO9S2/c1-20-8-10-22(11-9-20)34-41-28(21(2)47-34)19-45-29-7-5-4-6-23(29)18-46-32-26-14-12-24(39)16-30(26)51-35(32)50-38(43)48-33-27-15-13-25(40)17-31(27)52-36(33)49-37(42)44-3/h8-17,23,29H,4-7,18-19H2,1-3H3/t23-,29?/m1/s1. The predicted molar refractivity (Wildman–Crippen MR) is 201 cm³/mol. The van der Waals surface area contributed by atoms with Crippen molar-refractivity contribution < 1.29 is 42.4 Å². The van der Waals surface area contributed by atoms with E-state index in [1.54, 1.807) is 30.3 Å². The van der Waals surface area contributed by atoms with Gasteiger partial charge in [-0.15, -0.1) is 0 Å². The molecular weight excluding hydrogens is 749 g/mol. The van der Waals surface area contributed by atoms with Crippen LogP contribution in [0.5, 0.6) is 21.6 Å². The van der Waals surface area contributed by atoms with Gasteiger partial charge in [0.1, 0.15) is 11.5 Å². The third-order valence-electron chi connectivity index (χ3n) is 8.76. The molecular formula is C38H33Cl2NO9S2. The molecule has 1 fully saturated rings. The highest BCUT2D eigenvalue weighted by Gasteiger charge is 2.30. The van der Waals surface area contributed by atoms with Gasteiger partial charge in [0.15, 0.2) is 11.5 Å². The topological polar surface area (TPSA) is 116 Å². The second-order valence-corrected chi connectivity index (χ2v) is 15.2. The highest BCUT2D eigenvalue weighted by Crippen LogP contribution is 2.48. The number of aryl methyl sites for hydroxylation is 2. The quantitative estimate of drug-likeness (QED) is 0.124. The molecule has 1 aliphatic carbocycles. The van der Waals surface area contributed by atoms with E-state index in [0.717, 1.165) is 64.1 Å². The molecule has 7 rings (SSSR count). The van der Waals surface area contributed by atoms with E-state index in [1.165, 1.54) is 24.0 Å². The number of halogens is 2. The van der Waals surface area contributed by atoms with E-state index in [2.05, 4.69) is 4.74 Å². The third-order valence-corrected chi connectivity index (χ3v) is 11.3. The zero-order valence-electron chi connectivity index (χ0n) is 28.4. The van der Waals surface area contributed by atoms with Crippen LogP contribution < -0.4 is 18.9 Å². The minimum absolute atomic E-state index is 0.00535. The second kappa shape index (κ2) is 15.7. The first-order valence-electron chi connectivity index (χ1n) is 16.5. The molecule has 3 aromatic heterocycles. The van der Waals surface area contributed by atoms with Gasteiger partial charge in [-0.05, 0) is 75.2 Å². The van der Waals surface area contributed by atoms with Gasteiger partial charge in [-0.25, -0.2) is 14.6 Å². The van der Waals surface area contributed by atoms with Crippen LogP contribution in [0.25, 0.3) is 31.6 Å². The highest BCUT2D eigenvalue weighted by atomic mass is 35.5. The largest absolute Gasteiger partial charge is 0.520 e. The van der Waals surface area contributed by atoms with Crippen LogP contribution in [0.1, 0.15) is 42.7 Å². The molecule has 0 spiro atoms. The van der Waals surface area contributed by atoms with Gasteiger partial charge in [0.25, 0.3) is 0 Å². The number of aromatic nitrogens is 1. The summed E-state index contributed by atoms with van der Waals surface area (Å²) in [4.78, 5) is 30.1. The minimum atomic E-state index is -1.06. The van der Waals surface area contributed by atoms with E-state index in [0.29, 0.717) is 45.0 Å². The molecule has 0 radical (unpaired) electrons. The molecule has 0 amide bonds. The van der Waals surface area contributed by atoms with Crippen LogP contribution in [0.2, 0.25) is 10.0 Å². The molecule has 10 nitrogen and oxygen atoms in total. The molecule has 1 unspecified atom stereocenters. The molecule has 14 heteroatoms. The SMILES string of the molecule is COC(=O)Oc1sc2cc(Cl)ccc2c1OC(=O)Oc1sc2cc(Cl)ccc2c1OC[C@H]1CCCCC1OCc1nc(-c2ccc(C)cc2)oc1C. The van der Waals surface area contributed by atoms with Gasteiger partial charge >= 0.3 is 12.3 Å². The number of hydrogen-bond acceptors (Lipinski definition) is 12. The van der Waals surface area contributed by atoms with Crippen molar-refractivity contribution in [1.29, 1.82) is 0 Å². The summed E-state index contributed by atoms with van der Waals surface area (Å²) >= 11 is 14.8. The smallest absolute Gasteiger partial charge is 0.488 e. The maximum Gasteiger partial charge on any atom is 0.520 e. The Morgan fingerprint density at radius 2 is 1.46 bits per heavy atom. The fourth-order valence-corrected chi connectivity index (χ4v) is 8.57. The van der Waals surface area contributed by atoms with Crippen molar-refractivity contribution in [1.82, 2.24) is 4.98 Å². The summed E-state index contributed by atoms with van der Waals surface area (Å²) in [6.45, 7) is 4.57. The molecule has 52 heavy (non-hydrogen) atoms. The Bertz CT molecular complexity index is 2240. The molecule has 0 aliphatic heterocycles. The van der Waals surface area contributed by atoms with Crippen molar-refractivity contribution in [2.75, 3.05) is 13.7 Å². The van der Waals surface area contributed by atoms with Crippen LogP contribution in [0, 0.1) is 19.8 Å². The van der Waals surface area contributed by atoms with Crippen molar-refractivity contribution in [2.24, 2.45) is 5.92 Å². The molecule has 270 valence electrons. The van der Waals surface area contributed by atoms with E-state index in [4.69, 9.17) is 56.3 Å². The van der Waals surface area contributed by atoms with E-state index in [1.807, 2.05) is 44.2 Å². The van der Waals surface area contributed by atoms with E-state index >= 15 is 0 Å². The maximum absolute atomic E-state index is 13.4. The number of methoxy groups -OCH3 is 1. The van der Waals surface area contributed by atoms with Crippen LogP contribution in [0.15, 0.2) is 65.1 Å². The fourth-order valence-electron chi connectivity index (χ4n) is 6.06. The van der Waals surface area contributed by atoms with Gasteiger partial charge in [-0.3, -0.25) is 0 Å². The Balaban J connectivity index is 1.07. The van der Waals surface area contributed by atoms with Gasteiger partial charge < -0.3 is 32.8 Å². The van der Waals surface area contributed by atoms with Gasteiger partial charge in [0.2, 0.25) is 16.0 Å². The average molecular weight is 783 g/mol. The first kappa shape index (κ1) is 36.0. The summed E-state index contributed by atoms with van der Waals surface area (Å²) in [6.07, 6.45) is 1.76. The van der Waals surface area contributed by atoms with Gasteiger partial charge in [0.05, 0.1) is 26.4 Å². The number of carbonyl (C=O) groups is 2. The number of benzene rings is 3. The number of fused-ring (bicyclic) bond motifs is 2. The summed E-state index contributed by atoms with van der Waals surface area (Å²) in [5.41, 5.74) is 2.84. The highest BCUT2D eigenvalue weighted by molar-refractivity contribution is 7.21. The zero-order chi connectivity index (χ0) is 36.4. The number of ether oxygens (including phenoxy) is 6. The first-order valence-corrected chi connectivity index (χ1v) is 18.9. The number of carbonyl (C=O) groups excluding carboxylic acids is 2. The number of rotatable bonds is 10. The third kappa shape index (κ3) is 8.01. The predicted octanol–water partition coefficient (Wildman–Crippen LogP) is 11.6. The zero-order valence-corrected chi connectivity index (χ0v) is 31.5. The van der Waals surface area contributed by atoms with Crippen molar-refractivity contribution >= 4 is 78.4 Å². The Kier molecular flexibility index (Phi) is 10.9. The normalized spacial score (nSPS) is 15.9. The maximum atomic E-state index is 13.4. The second-order valence-electron chi connectivity index (χ2n) is 12.3. The van der Waals surface area contributed by atoms with Gasteiger partial charge in [0, 0.05) is 41.7 Å². The van der Waals surface area contributed by atoms with Crippen molar-refractivity contribution in [2.45, 2.75) is 52.2 Å². The Morgan fingerprint density at radius 3 is 2.15 bits per heavy atom. The Labute approximate surface area is 317 Å². The van der Waals surface area contributed by atoms with Crippen LogP contribution in [0.4, 0.5) is 9.59 Å². The molecule has 0 N–H and O–H groups in total. The lowest BCUT2D eigenvalue weighted by Crippen LogP contribution is -2.32. The van der Waals surface area contributed by atoms with E-state index < -0.39 is 12.3 Å². The fraction of sp³-hybridized carbons (Fsp3) is 0.289. The molecule has 1 saturated carbocycles. The van der Waals surface area contributed by atoms with Crippen LogP contribution in [-0.2, 0) is 16.1 Å². The minimum Gasteiger partial charge on any atom is -0.488 e. The molecule has 0 bridgehead atoms. The Hall–Kier alpha value is -4.33. The Morgan fingerprint density at radius 1 is 0.827 bits per heavy atom. The number of thiophene rings is 2.